The maximum Gasteiger partial charge on any atom is 0.488 e. The van der Waals surface area contributed by atoms with Crippen LogP contribution in [0.2, 0.25) is 0 Å². The first-order valence-corrected chi connectivity index (χ1v) is 16.6. The lowest BCUT2D eigenvalue weighted by Crippen LogP contribution is -2.63. The molecule has 0 aliphatic heterocycles. The summed E-state index contributed by atoms with van der Waals surface area (Å²) in [5.41, 5.74) is -2.66. The van der Waals surface area contributed by atoms with Crippen LogP contribution in [0.5, 0.6) is 0 Å². The van der Waals surface area contributed by atoms with E-state index < -0.39 is 30.9 Å². The molecule has 0 amide bonds. The van der Waals surface area contributed by atoms with E-state index in [0.29, 0.717) is 39.3 Å². The number of unbranched alkanes of at least 4 members (excludes halogenated alkanes) is 6. The van der Waals surface area contributed by atoms with Crippen molar-refractivity contribution < 1.29 is 37.8 Å². The molecule has 39 heavy (non-hydrogen) atoms. The molecule has 0 aliphatic rings. The third-order valence-corrected chi connectivity index (χ3v) is 7.75. The zero-order valence-electron chi connectivity index (χ0n) is 25.8. The van der Waals surface area contributed by atoms with Gasteiger partial charge in [0.2, 0.25) is 6.10 Å². The van der Waals surface area contributed by atoms with Gasteiger partial charge in [-0.2, -0.15) is 0 Å². The van der Waals surface area contributed by atoms with E-state index in [9.17, 15) is 9.36 Å². The van der Waals surface area contributed by atoms with E-state index in [4.69, 9.17) is 28.4 Å². The van der Waals surface area contributed by atoms with Crippen LogP contribution in [0.15, 0.2) is 12.7 Å². The smallest absolute Gasteiger partial charge is 0.361 e. The molecule has 0 saturated heterocycles. The van der Waals surface area contributed by atoms with Crippen molar-refractivity contribution in [3.05, 3.63) is 12.7 Å². The standard InChI is InChI=1S/C30H58O8P/c1-8-15-21-33-28(29(34-22-16-9-2,35-23-17-10-3)36-24-18-11-4)30(37-25-19-12-5,38-26-20-13-6)39(32)27(31)14-7/h14,28H,7-13,15-26H2,1-6H3/q+1. The third-order valence-electron chi connectivity index (χ3n) is 6.11. The molecule has 2 unspecified atom stereocenters. The number of carbonyl (C=O) groups is 1. The van der Waals surface area contributed by atoms with Gasteiger partial charge in [0.15, 0.2) is 0 Å². The Labute approximate surface area is 239 Å². The van der Waals surface area contributed by atoms with Gasteiger partial charge in [-0.3, -0.25) is 0 Å². The van der Waals surface area contributed by atoms with Gasteiger partial charge in [0.25, 0.3) is 0 Å². The molecule has 0 aliphatic carbocycles. The highest BCUT2D eigenvalue weighted by Gasteiger charge is 2.71. The molecule has 0 rings (SSSR count). The van der Waals surface area contributed by atoms with Gasteiger partial charge < -0.3 is 28.4 Å². The van der Waals surface area contributed by atoms with E-state index in [0.717, 1.165) is 70.3 Å². The lowest BCUT2D eigenvalue weighted by Gasteiger charge is -2.43. The van der Waals surface area contributed by atoms with Crippen LogP contribution in [0.4, 0.5) is 0 Å². The summed E-state index contributed by atoms with van der Waals surface area (Å²) in [6.07, 6.45) is 9.45. The predicted octanol–water partition coefficient (Wildman–Crippen LogP) is 8.10. The molecule has 0 radical (unpaired) electrons. The maximum atomic E-state index is 14.1. The third kappa shape index (κ3) is 13.7. The number of carbonyl (C=O) groups excluding carboxylic acids is 1. The van der Waals surface area contributed by atoms with Crippen LogP contribution < -0.4 is 0 Å². The van der Waals surface area contributed by atoms with Gasteiger partial charge in [0.1, 0.15) is 0 Å². The molecule has 0 aromatic carbocycles. The van der Waals surface area contributed by atoms with Crippen molar-refractivity contribution >= 4 is 13.3 Å². The molecule has 230 valence electrons. The Morgan fingerprint density at radius 3 is 1.31 bits per heavy atom. The average Bonchev–Trinajstić information content (AvgIpc) is 2.94. The second-order valence-corrected chi connectivity index (χ2v) is 11.3. The Bertz CT molecular complexity index is 606. The van der Waals surface area contributed by atoms with Crippen LogP contribution in [0.25, 0.3) is 0 Å². The van der Waals surface area contributed by atoms with Crippen LogP contribution in [0.1, 0.15) is 119 Å². The van der Waals surface area contributed by atoms with Crippen molar-refractivity contribution in [1.82, 2.24) is 0 Å². The fraction of sp³-hybridized carbons (Fsp3) is 0.900. The second kappa shape index (κ2) is 23.9. The van der Waals surface area contributed by atoms with E-state index in [1.807, 2.05) is 13.8 Å². The number of rotatable bonds is 29. The molecule has 2 atom stereocenters. The monoisotopic (exact) mass is 577 g/mol. The summed E-state index contributed by atoms with van der Waals surface area (Å²) in [5, 5.41) is 0. The molecular weight excluding hydrogens is 519 g/mol. The van der Waals surface area contributed by atoms with Gasteiger partial charge >= 0.3 is 24.8 Å². The summed E-state index contributed by atoms with van der Waals surface area (Å²) < 4.78 is 52.7. The summed E-state index contributed by atoms with van der Waals surface area (Å²) in [6.45, 7) is 17.7. The highest BCUT2D eigenvalue weighted by Crippen LogP contribution is 2.50. The van der Waals surface area contributed by atoms with E-state index in [-0.39, 0.29) is 13.2 Å². The molecule has 0 bridgehead atoms. The fourth-order valence-corrected chi connectivity index (χ4v) is 4.92. The van der Waals surface area contributed by atoms with Crippen molar-refractivity contribution in [3.8, 4) is 0 Å². The molecule has 8 nitrogen and oxygen atoms in total. The lowest BCUT2D eigenvalue weighted by molar-refractivity contribution is -0.447. The zero-order chi connectivity index (χ0) is 29.4. The highest BCUT2D eigenvalue weighted by atomic mass is 31.1. The van der Waals surface area contributed by atoms with E-state index >= 15 is 0 Å². The first-order chi connectivity index (χ1) is 18.9. The predicted molar refractivity (Wildman–Crippen MR) is 157 cm³/mol. The minimum Gasteiger partial charge on any atom is -0.361 e. The SMILES string of the molecule is C=CC(=O)[P+](=O)C(OCCCC)(OCCCC)C(OCCCC)C(OCCCC)(OCCCC)OCCCC. The van der Waals surface area contributed by atoms with Gasteiger partial charge in [-0.25, -0.2) is 4.79 Å². The number of ether oxygens (including phenoxy) is 6. The molecule has 0 heterocycles. The van der Waals surface area contributed by atoms with Crippen LogP contribution in [-0.4, -0.2) is 62.8 Å². The van der Waals surface area contributed by atoms with Crippen molar-refractivity contribution in [2.75, 3.05) is 39.6 Å². The minimum absolute atomic E-state index is 0.219. The van der Waals surface area contributed by atoms with E-state index in [2.05, 4.69) is 34.3 Å². The average molecular weight is 578 g/mol. The maximum absolute atomic E-state index is 14.1. The first kappa shape index (κ1) is 38.3. The summed E-state index contributed by atoms with van der Waals surface area (Å²) in [6, 6.07) is 0. The summed E-state index contributed by atoms with van der Waals surface area (Å²) in [7, 11) is -2.82. The number of allylic oxidation sites excluding steroid dienone is 1. The van der Waals surface area contributed by atoms with Gasteiger partial charge in [0, 0.05) is 12.7 Å². The van der Waals surface area contributed by atoms with Crippen LogP contribution in [0.3, 0.4) is 0 Å². The first-order valence-electron chi connectivity index (χ1n) is 15.3. The van der Waals surface area contributed by atoms with Gasteiger partial charge in [-0.1, -0.05) is 91.2 Å². The highest BCUT2D eigenvalue weighted by molar-refractivity contribution is 7.65. The zero-order valence-corrected chi connectivity index (χ0v) is 26.7. The Morgan fingerprint density at radius 1 is 0.641 bits per heavy atom. The van der Waals surface area contributed by atoms with Crippen LogP contribution in [-0.2, 0) is 37.8 Å². The summed E-state index contributed by atoms with van der Waals surface area (Å²) in [5.74, 6) is -1.78. The molecule has 0 spiro atoms. The number of hydrogen-bond donors (Lipinski definition) is 0. The quantitative estimate of drug-likeness (QED) is 0.0381. The van der Waals surface area contributed by atoms with Crippen LogP contribution >= 0.6 is 7.80 Å². The van der Waals surface area contributed by atoms with Crippen molar-refractivity contribution in [2.24, 2.45) is 0 Å². The summed E-state index contributed by atoms with van der Waals surface area (Å²) in [4.78, 5) is 13.0. The van der Waals surface area contributed by atoms with Gasteiger partial charge in [0.05, 0.1) is 33.0 Å². The van der Waals surface area contributed by atoms with Gasteiger partial charge in [-0.15, -0.1) is 0 Å². The Balaban J connectivity index is 7.17. The molecule has 0 saturated carbocycles. The largest absolute Gasteiger partial charge is 0.488 e. The van der Waals surface area contributed by atoms with E-state index in [1.165, 1.54) is 0 Å². The van der Waals surface area contributed by atoms with Crippen molar-refractivity contribution in [3.63, 3.8) is 0 Å². The Hall–Kier alpha value is -0.730. The Kier molecular flexibility index (Phi) is 23.5. The molecule has 9 heteroatoms. The fourth-order valence-electron chi connectivity index (χ4n) is 3.58. The Morgan fingerprint density at radius 2 is 0.974 bits per heavy atom. The topological polar surface area (TPSA) is 89.5 Å². The lowest BCUT2D eigenvalue weighted by atomic mass is 10.2. The normalized spacial score (nSPS) is 13.4. The number of hydrogen-bond acceptors (Lipinski definition) is 8. The molecule has 0 aromatic rings. The molecule has 0 aromatic heterocycles. The summed E-state index contributed by atoms with van der Waals surface area (Å²) >= 11 is 0. The van der Waals surface area contributed by atoms with E-state index in [1.54, 1.807) is 0 Å². The van der Waals surface area contributed by atoms with Crippen LogP contribution in [0, 0.1) is 0 Å². The minimum atomic E-state index is -2.82. The van der Waals surface area contributed by atoms with Crippen molar-refractivity contribution in [1.29, 1.82) is 0 Å². The molecule has 0 N–H and O–H groups in total. The molecule has 0 fully saturated rings. The second-order valence-electron chi connectivity index (χ2n) is 9.69. The van der Waals surface area contributed by atoms with Gasteiger partial charge in [-0.05, 0) is 38.5 Å². The molecular formula is C30H58O8P+. The van der Waals surface area contributed by atoms with Crippen molar-refractivity contribution in [2.45, 2.75) is 136 Å².